The van der Waals surface area contributed by atoms with E-state index in [0.717, 1.165) is 79.2 Å². The van der Waals surface area contributed by atoms with Crippen molar-refractivity contribution in [2.24, 2.45) is 5.92 Å². The van der Waals surface area contributed by atoms with Crippen LogP contribution in [0.4, 0.5) is 0 Å². The molecule has 1 saturated carbocycles. The van der Waals surface area contributed by atoms with Crippen LogP contribution in [-0.2, 0) is 11.3 Å². The maximum absolute atomic E-state index is 12.9. The summed E-state index contributed by atoms with van der Waals surface area (Å²) in [5.41, 5.74) is 0.997. The molecule has 3 heterocycles. The fourth-order valence-electron chi connectivity index (χ4n) is 4.94. The molecule has 0 spiro atoms. The van der Waals surface area contributed by atoms with E-state index in [-0.39, 0.29) is 17.9 Å². The highest BCUT2D eigenvalue weighted by molar-refractivity contribution is 7.20. The SMILES string of the molecule is CC(=O)N1CCN(C2CCC(NC(=O)c3cc4c(C)nn(CC(C)C)c4s3)CC2)CC1. The monoisotopic (exact) mass is 445 g/mol. The Kier molecular flexibility index (Phi) is 6.67. The Bertz CT molecular complexity index is 933. The molecule has 7 nitrogen and oxygen atoms in total. The normalized spacial score (nSPS) is 22.9. The molecule has 0 aromatic carbocycles. The van der Waals surface area contributed by atoms with Gasteiger partial charge in [-0.3, -0.25) is 19.2 Å². The smallest absolute Gasteiger partial charge is 0.261 e. The van der Waals surface area contributed by atoms with Crippen molar-refractivity contribution < 1.29 is 9.59 Å². The van der Waals surface area contributed by atoms with Crippen LogP contribution in [0.25, 0.3) is 10.2 Å². The lowest BCUT2D eigenvalue weighted by Gasteiger charge is -2.41. The first kappa shape index (κ1) is 22.3. The average Bonchev–Trinajstić information content (AvgIpc) is 3.30. The van der Waals surface area contributed by atoms with Crippen molar-refractivity contribution in [2.75, 3.05) is 26.2 Å². The molecule has 31 heavy (non-hydrogen) atoms. The minimum atomic E-state index is 0.0511. The number of nitrogens with one attached hydrogen (secondary N) is 1. The Labute approximate surface area is 188 Å². The summed E-state index contributed by atoms with van der Waals surface area (Å²) in [7, 11) is 0. The molecule has 4 rings (SSSR count). The summed E-state index contributed by atoms with van der Waals surface area (Å²) < 4.78 is 2.05. The standard InChI is InChI=1S/C23H35N5O2S/c1-15(2)14-28-23-20(16(3)25-28)13-21(31-23)22(30)24-18-5-7-19(8-6-18)27-11-9-26(10-12-27)17(4)29/h13,15,18-19H,5-12,14H2,1-4H3,(H,24,30). The lowest BCUT2D eigenvalue weighted by molar-refractivity contribution is -0.131. The lowest BCUT2D eigenvalue weighted by atomic mass is 9.89. The highest BCUT2D eigenvalue weighted by atomic mass is 32.1. The molecule has 2 aromatic heterocycles. The summed E-state index contributed by atoms with van der Waals surface area (Å²) in [4.78, 5) is 30.8. The molecule has 0 unspecified atom stereocenters. The number of thiophene rings is 1. The van der Waals surface area contributed by atoms with Gasteiger partial charge in [-0.05, 0) is 44.6 Å². The molecule has 2 aliphatic rings. The molecule has 0 bridgehead atoms. The van der Waals surface area contributed by atoms with E-state index in [1.54, 1.807) is 18.3 Å². The van der Waals surface area contributed by atoms with Gasteiger partial charge in [0.2, 0.25) is 5.91 Å². The zero-order valence-electron chi connectivity index (χ0n) is 19.2. The van der Waals surface area contributed by atoms with Gasteiger partial charge < -0.3 is 10.2 Å². The summed E-state index contributed by atoms with van der Waals surface area (Å²) in [6, 6.07) is 2.84. The minimum absolute atomic E-state index is 0.0511. The van der Waals surface area contributed by atoms with Crippen LogP contribution in [0.1, 0.15) is 61.8 Å². The number of amides is 2. The summed E-state index contributed by atoms with van der Waals surface area (Å²) in [5, 5.41) is 9.02. The fourth-order valence-corrected chi connectivity index (χ4v) is 6.01. The van der Waals surface area contributed by atoms with E-state index in [0.29, 0.717) is 12.0 Å². The van der Waals surface area contributed by atoms with Crippen molar-refractivity contribution in [3.05, 3.63) is 16.6 Å². The molecule has 1 aliphatic carbocycles. The van der Waals surface area contributed by atoms with Crippen molar-refractivity contribution in [3.63, 3.8) is 0 Å². The van der Waals surface area contributed by atoms with Gasteiger partial charge in [0.1, 0.15) is 4.83 Å². The van der Waals surface area contributed by atoms with Crippen LogP contribution in [-0.4, -0.2) is 69.7 Å². The predicted octanol–water partition coefficient (Wildman–Crippen LogP) is 3.27. The number of hydrogen-bond donors (Lipinski definition) is 1. The third-order valence-electron chi connectivity index (χ3n) is 6.68. The molecule has 2 amide bonds. The van der Waals surface area contributed by atoms with E-state index in [1.165, 1.54) is 0 Å². The molecule has 2 fully saturated rings. The highest BCUT2D eigenvalue weighted by Gasteiger charge is 2.30. The first-order chi connectivity index (χ1) is 14.8. The molecule has 0 radical (unpaired) electrons. The number of piperazine rings is 1. The predicted molar refractivity (Wildman–Crippen MR) is 125 cm³/mol. The Hall–Kier alpha value is -1.93. The van der Waals surface area contributed by atoms with Crippen LogP contribution in [0.2, 0.25) is 0 Å². The Morgan fingerprint density at radius 1 is 1.16 bits per heavy atom. The van der Waals surface area contributed by atoms with Crippen LogP contribution in [0.15, 0.2) is 6.07 Å². The maximum Gasteiger partial charge on any atom is 0.261 e. The fraction of sp³-hybridized carbons (Fsp3) is 0.696. The van der Waals surface area contributed by atoms with Crippen LogP contribution in [0.5, 0.6) is 0 Å². The third-order valence-corrected chi connectivity index (χ3v) is 7.82. The highest BCUT2D eigenvalue weighted by Crippen LogP contribution is 2.30. The average molecular weight is 446 g/mol. The van der Waals surface area contributed by atoms with Gasteiger partial charge in [0, 0.05) is 57.1 Å². The number of carbonyl (C=O) groups excluding carboxylic acids is 2. The van der Waals surface area contributed by atoms with Crippen molar-refractivity contribution in [3.8, 4) is 0 Å². The van der Waals surface area contributed by atoms with Gasteiger partial charge in [-0.25, -0.2) is 0 Å². The van der Waals surface area contributed by atoms with Crippen molar-refractivity contribution in [1.29, 1.82) is 0 Å². The van der Waals surface area contributed by atoms with E-state index in [2.05, 4.69) is 29.2 Å². The third kappa shape index (κ3) is 4.95. The largest absolute Gasteiger partial charge is 0.349 e. The Morgan fingerprint density at radius 3 is 2.45 bits per heavy atom. The number of hydrogen-bond acceptors (Lipinski definition) is 5. The Morgan fingerprint density at radius 2 is 1.84 bits per heavy atom. The van der Waals surface area contributed by atoms with E-state index < -0.39 is 0 Å². The number of aryl methyl sites for hydroxylation is 1. The lowest BCUT2D eigenvalue weighted by Crippen LogP contribution is -2.53. The number of fused-ring (bicyclic) bond motifs is 1. The second-order valence-corrected chi connectivity index (χ2v) is 10.5. The van der Waals surface area contributed by atoms with Crippen LogP contribution < -0.4 is 5.32 Å². The van der Waals surface area contributed by atoms with E-state index in [9.17, 15) is 9.59 Å². The Balaban J connectivity index is 1.31. The summed E-state index contributed by atoms with van der Waals surface area (Å²) in [5.74, 6) is 0.747. The van der Waals surface area contributed by atoms with Gasteiger partial charge in [-0.2, -0.15) is 5.10 Å². The maximum atomic E-state index is 12.9. The second-order valence-electron chi connectivity index (χ2n) is 9.51. The summed E-state index contributed by atoms with van der Waals surface area (Å²) in [6.07, 6.45) is 4.27. The van der Waals surface area contributed by atoms with Gasteiger partial charge in [0.15, 0.2) is 0 Å². The summed E-state index contributed by atoms with van der Waals surface area (Å²) >= 11 is 1.56. The number of carbonyl (C=O) groups is 2. The van der Waals surface area contributed by atoms with Gasteiger partial charge >= 0.3 is 0 Å². The molecule has 2 aromatic rings. The van der Waals surface area contributed by atoms with Crippen molar-refractivity contribution >= 4 is 33.4 Å². The first-order valence-corrected chi connectivity index (χ1v) is 12.4. The molecule has 0 atom stereocenters. The van der Waals surface area contributed by atoms with Crippen molar-refractivity contribution in [1.82, 2.24) is 24.9 Å². The molecule has 1 saturated heterocycles. The number of nitrogens with zero attached hydrogens (tertiary/aromatic N) is 4. The van der Waals surface area contributed by atoms with E-state index in [1.807, 2.05) is 22.6 Å². The molecule has 8 heteroatoms. The van der Waals surface area contributed by atoms with Crippen LogP contribution >= 0.6 is 11.3 Å². The van der Waals surface area contributed by atoms with Crippen LogP contribution in [0.3, 0.4) is 0 Å². The minimum Gasteiger partial charge on any atom is -0.349 e. The van der Waals surface area contributed by atoms with E-state index >= 15 is 0 Å². The molecule has 1 N–H and O–H groups in total. The van der Waals surface area contributed by atoms with Gasteiger partial charge in [-0.1, -0.05) is 13.8 Å². The molecule has 1 aliphatic heterocycles. The zero-order chi connectivity index (χ0) is 22.1. The molecule has 170 valence electrons. The number of rotatable bonds is 5. The van der Waals surface area contributed by atoms with Crippen LogP contribution in [0, 0.1) is 12.8 Å². The second kappa shape index (κ2) is 9.28. The number of aromatic nitrogens is 2. The zero-order valence-corrected chi connectivity index (χ0v) is 20.0. The first-order valence-electron chi connectivity index (χ1n) is 11.6. The van der Waals surface area contributed by atoms with Crippen molar-refractivity contribution in [2.45, 2.75) is 72.0 Å². The molecular formula is C23H35N5O2S. The van der Waals surface area contributed by atoms with E-state index in [4.69, 9.17) is 0 Å². The topological polar surface area (TPSA) is 70.5 Å². The quantitative estimate of drug-likeness (QED) is 0.767. The molecular weight excluding hydrogens is 410 g/mol. The van der Waals surface area contributed by atoms with Gasteiger partial charge in [0.25, 0.3) is 5.91 Å². The summed E-state index contributed by atoms with van der Waals surface area (Å²) in [6.45, 7) is 12.5. The van der Waals surface area contributed by atoms with Gasteiger partial charge in [0.05, 0.1) is 10.6 Å². The van der Waals surface area contributed by atoms with Gasteiger partial charge in [-0.15, -0.1) is 11.3 Å².